The van der Waals surface area contributed by atoms with Gasteiger partial charge in [0.2, 0.25) is 0 Å². The summed E-state index contributed by atoms with van der Waals surface area (Å²) in [5.41, 5.74) is 6.83. The van der Waals surface area contributed by atoms with E-state index in [1.807, 2.05) is 30.3 Å². The Bertz CT molecular complexity index is 1110. The van der Waals surface area contributed by atoms with Gasteiger partial charge in [0, 0.05) is 12.2 Å². The second-order valence-electron chi connectivity index (χ2n) is 6.40. The summed E-state index contributed by atoms with van der Waals surface area (Å²) < 4.78 is 10.5. The number of nitrogens with two attached hydrogens (primary N) is 1. The van der Waals surface area contributed by atoms with Gasteiger partial charge in [-0.15, -0.1) is 0 Å². The average Bonchev–Trinajstić information content (AvgIpc) is 2.76. The van der Waals surface area contributed by atoms with E-state index < -0.39 is 17.4 Å². The van der Waals surface area contributed by atoms with Crippen molar-refractivity contribution >= 4 is 11.8 Å². The van der Waals surface area contributed by atoms with Crippen LogP contribution in [0.2, 0.25) is 0 Å². The SMILES string of the molecule is COc1cc(CNC(=O)c2ccc(-c3ccccc3)[nH]c2=O)ccc1OCC(N)=O. The number of benzene rings is 2. The van der Waals surface area contributed by atoms with E-state index in [1.54, 1.807) is 24.3 Å². The molecule has 0 unspecified atom stereocenters. The molecule has 0 saturated heterocycles. The van der Waals surface area contributed by atoms with Gasteiger partial charge in [-0.25, -0.2) is 0 Å². The second-order valence-corrected chi connectivity index (χ2v) is 6.40. The van der Waals surface area contributed by atoms with Gasteiger partial charge < -0.3 is 25.5 Å². The number of methoxy groups -OCH3 is 1. The number of H-pyrrole nitrogens is 1. The molecular weight excluding hydrogens is 386 g/mol. The lowest BCUT2D eigenvalue weighted by Crippen LogP contribution is -2.29. The van der Waals surface area contributed by atoms with Crippen LogP contribution in [-0.4, -0.2) is 30.5 Å². The van der Waals surface area contributed by atoms with Crippen molar-refractivity contribution in [3.8, 4) is 22.8 Å². The Morgan fingerprint density at radius 2 is 1.80 bits per heavy atom. The van der Waals surface area contributed by atoms with Crippen molar-refractivity contribution in [3.05, 3.63) is 82.1 Å². The summed E-state index contributed by atoms with van der Waals surface area (Å²) in [5, 5.41) is 2.71. The summed E-state index contributed by atoms with van der Waals surface area (Å²) >= 11 is 0. The summed E-state index contributed by atoms with van der Waals surface area (Å²) in [6.07, 6.45) is 0. The number of amides is 2. The number of hydrogen-bond donors (Lipinski definition) is 3. The number of carbonyl (C=O) groups excluding carboxylic acids is 2. The van der Waals surface area contributed by atoms with Gasteiger partial charge in [0.15, 0.2) is 18.1 Å². The average molecular weight is 407 g/mol. The minimum atomic E-state index is -0.600. The molecule has 154 valence electrons. The molecule has 0 radical (unpaired) electrons. The number of hydrogen-bond acceptors (Lipinski definition) is 5. The molecule has 3 aromatic rings. The zero-order valence-corrected chi connectivity index (χ0v) is 16.3. The molecule has 3 rings (SSSR count). The van der Waals surface area contributed by atoms with E-state index in [-0.39, 0.29) is 18.7 Å². The second kappa shape index (κ2) is 9.42. The summed E-state index contributed by atoms with van der Waals surface area (Å²) in [6, 6.07) is 17.5. The van der Waals surface area contributed by atoms with Gasteiger partial charge in [0.25, 0.3) is 17.4 Å². The Hall–Kier alpha value is -4.07. The standard InChI is InChI=1S/C22H21N3O5/c1-29-19-11-14(7-10-18(19)30-13-20(23)26)12-24-21(27)16-8-9-17(25-22(16)28)15-5-3-2-4-6-15/h2-11H,12-13H2,1H3,(H2,23,26)(H,24,27)(H,25,28). The third-order valence-corrected chi connectivity index (χ3v) is 4.29. The highest BCUT2D eigenvalue weighted by molar-refractivity contribution is 5.94. The molecule has 0 bridgehead atoms. The quantitative estimate of drug-likeness (QED) is 0.526. The summed E-state index contributed by atoms with van der Waals surface area (Å²) in [5.74, 6) is -0.340. The number of aromatic amines is 1. The predicted octanol–water partition coefficient (Wildman–Crippen LogP) is 1.84. The first-order chi connectivity index (χ1) is 14.5. The van der Waals surface area contributed by atoms with Crippen molar-refractivity contribution in [3.63, 3.8) is 0 Å². The Morgan fingerprint density at radius 1 is 1.03 bits per heavy atom. The fourth-order valence-electron chi connectivity index (χ4n) is 2.81. The van der Waals surface area contributed by atoms with Crippen LogP contribution in [-0.2, 0) is 11.3 Å². The van der Waals surface area contributed by atoms with Gasteiger partial charge in [-0.3, -0.25) is 14.4 Å². The van der Waals surface area contributed by atoms with E-state index >= 15 is 0 Å². The molecule has 2 amide bonds. The Kier molecular flexibility index (Phi) is 6.49. The van der Waals surface area contributed by atoms with Gasteiger partial charge in [-0.2, -0.15) is 0 Å². The van der Waals surface area contributed by atoms with Crippen LogP contribution in [0.1, 0.15) is 15.9 Å². The number of aromatic nitrogens is 1. The number of ether oxygens (including phenoxy) is 2. The molecule has 1 heterocycles. The molecule has 0 aliphatic carbocycles. The van der Waals surface area contributed by atoms with Crippen LogP contribution < -0.4 is 26.1 Å². The fourth-order valence-corrected chi connectivity index (χ4v) is 2.81. The van der Waals surface area contributed by atoms with Crippen LogP contribution >= 0.6 is 0 Å². The Morgan fingerprint density at radius 3 is 2.47 bits per heavy atom. The molecule has 2 aromatic carbocycles. The molecule has 0 fully saturated rings. The highest BCUT2D eigenvalue weighted by Crippen LogP contribution is 2.28. The molecule has 30 heavy (non-hydrogen) atoms. The van der Waals surface area contributed by atoms with Gasteiger partial charge in [0.1, 0.15) is 5.56 Å². The maximum Gasteiger partial charge on any atom is 0.261 e. The van der Waals surface area contributed by atoms with Crippen molar-refractivity contribution in [2.75, 3.05) is 13.7 Å². The van der Waals surface area contributed by atoms with Crippen molar-refractivity contribution < 1.29 is 19.1 Å². The lowest BCUT2D eigenvalue weighted by molar-refractivity contribution is -0.119. The summed E-state index contributed by atoms with van der Waals surface area (Å²) in [7, 11) is 1.46. The van der Waals surface area contributed by atoms with Crippen molar-refractivity contribution in [1.82, 2.24) is 10.3 Å². The largest absolute Gasteiger partial charge is 0.493 e. The lowest BCUT2D eigenvalue weighted by atomic mass is 10.1. The molecular formula is C22H21N3O5. The van der Waals surface area contributed by atoms with Crippen LogP contribution in [0, 0.1) is 0 Å². The molecule has 8 heteroatoms. The minimum Gasteiger partial charge on any atom is -0.493 e. The highest BCUT2D eigenvalue weighted by Gasteiger charge is 2.12. The van der Waals surface area contributed by atoms with Crippen LogP contribution in [0.4, 0.5) is 0 Å². The minimum absolute atomic E-state index is 0.0167. The fraction of sp³-hybridized carbons (Fsp3) is 0.136. The van der Waals surface area contributed by atoms with E-state index in [0.717, 1.165) is 11.1 Å². The third-order valence-electron chi connectivity index (χ3n) is 4.29. The molecule has 1 aromatic heterocycles. The normalized spacial score (nSPS) is 10.3. The summed E-state index contributed by atoms with van der Waals surface area (Å²) in [6.45, 7) is -0.0979. The smallest absolute Gasteiger partial charge is 0.261 e. The maximum absolute atomic E-state index is 12.4. The number of nitrogens with one attached hydrogen (secondary N) is 2. The van der Waals surface area contributed by atoms with Crippen LogP contribution in [0.25, 0.3) is 11.3 Å². The van der Waals surface area contributed by atoms with Crippen LogP contribution in [0.15, 0.2) is 65.5 Å². The van der Waals surface area contributed by atoms with E-state index in [4.69, 9.17) is 15.2 Å². The molecule has 0 saturated carbocycles. The van der Waals surface area contributed by atoms with Gasteiger partial charge >= 0.3 is 0 Å². The number of primary amides is 1. The Balaban J connectivity index is 1.68. The first-order valence-electron chi connectivity index (χ1n) is 9.13. The molecule has 0 atom stereocenters. The highest BCUT2D eigenvalue weighted by atomic mass is 16.5. The number of carbonyl (C=O) groups is 2. The zero-order valence-electron chi connectivity index (χ0n) is 16.3. The van der Waals surface area contributed by atoms with E-state index in [0.29, 0.717) is 17.2 Å². The van der Waals surface area contributed by atoms with Crippen molar-refractivity contribution in [1.29, 1.82) is 0 Å². The first-order valence-corrected chi connectivity index (χ1v) is 9.13. The lowest BCUT2D eigenvalue weighted by Gasteiger charge is -2.12. The van der Waals surface area contributed by atoms with E-state index in [2.05, 4.69) is 10.3 Å². The van der Waals surface area contributed by atoms with Crippen LogP contribution in [0.3, 0.4) is 0 Å². The van der Waals surface area contributed by atoms with Crippen molar-refractivity contribution in [2.24, 2.45) is 5.73 Å². The summed E-state index contributed by atoms with van der Waals surface area (Å²) in [4.78, 5) is 38.4. The maximum atomic E-state index is 12.4. The Labute approximate surface area is 172 Å². The van der Waals surface area contributed by atoms with Crippen molar-refractivity contribution in [2.45, 2.75) is 6.54 Å². The van der Waals surface area contributed by atoms with Crippen LogP contribution in [0.5, 0.6) is 11.5 Å². The topological polar surface area (TPSA) is 124 Å². The molecule has 8 nitrogen and oxygen atoms in total. The van der Waals surface area contributed by atoms with E-state index in [1.165, 1.54) is 13.2 Å². The molecule has 0 aliphatic rings. The monoisotopic (exact) mass is 407 g/mol. The zero-order chi connectivity index (χ0) is 21.5. The van der Waals surface area contributed by atoms with Gasteiger partial charge in [0.05, 0.1) is 7.11 Å². The number of pyridine rings is 1. The number of rotatable bonds is 8. The van der Waals surface area contributed by atoms with Gasteiger partial charge in [-0.1, -0.05) is 36.4 Å². The van der Waals surface area contributed by atoms with Gasteiger partial charge in [-0.05, 0) is 35.4 Å². The third kappa shape index (κ3) is 5.05. The molecule has 0 aliphatic heterocycles. The predicted molar refractivity (Wildman–Crippen MR) is 111 cm³/mol. The van der Waals surface area contributed by atoms with E-state index in [9.17, 15) is 14.4 Å². The molecule has 4 N–H and O–H groups in total. The first kappa shape index (κ1) is 20.7. The molecule has 0 spiro atoms.